The van der Waals surface area contributed by atoms with Gasteiger partial charge in [-0.3, -0.25) is 0 Å². The van der Waals surface area contributed by atoms with Crippen LogP contribution in [0.15, 0.2) is 43.5 Å². The lowest BCUT2D eigenvalue weighted by atomic mass is 10.3. The molecule has 0 atom stereocenters. The lowest BCUT2D eigenvalue weighted by Crippen LogP contribution is -1.93. The maximum atomic E-state index is 7.62. The molecule has 0 saturated heterocycles. The van der Waals surface area contributed by atoms with E-state index in [1.807, 2.05) is 30.3 Å². The number of hydrogen-bond donors (Lipinski definition) is 2. The molecule has 0 unspecified atom stereocenters. The van der Waals surface area contributed by atoms with Gasteiger partial charge in [0, 0.05) is 0 Å². The third-order valence-corrected chi connectivity index (χ3v) is 1.32. The summed E-state index contributed by atoms with van der Waals surface area (Å²) in [5, 5.41) is 15.2. The van der Waals surface area contributed by atoms with Crippen molar-refractivity contribution in [1.29, 1.82) is 0 Å². The van der Waals surface area contributed by atoms with Crippen LogP contribution < -0.4 is 4.74 Å². The van der Waals surface area contributed by atoms with Gasteiger partial charge in [-0.2, -0.15) is 0 Å². The van der Waals surface area contributed by atoms with Crippen LogP contribution in [0.5, 0.6) is 5.75 Å². The van der Waals surface area contributed by atoms with E-state index in [0.717, 1.165) is 18.8 Å². The summed E-state index contributed by atoms with van der Waals surface area (Å²) in [6.07, 6.45) is 1.06. The molecule has 0 aliphatic carbocycles. The van der Waals surface area contributed by atoms with E-state index in [2.05, 4.69) is 20.1 Å². The molecule has 0 fully saturated rings. The first-order chi connectivity index (χ1) is 7.85. The SMILES string of the molecule is C=C.CCCOc1ccccc1.OCCO. The fraction of sp³-hybridized carbons (Fsp3) is 0.385. The first-order valence-electron chi connectivity index (χ1n) is 5.24. The molecule has 0 aliphatic heterocycles. The molecule has 0 bridgehead atoms. The minimum Gasteiger partial charge on any atom is -0.494 e. The number of aliphatic hydroxyl groups is 2. The molecule has 3 nitrogen and oxygen atoms in total. The predicted molar refractivity (Wildman–Crippen MR) is 67.7 cm³/mol. The van der Waals surface area contributed by atoms with Crippen molar-refractivity contribution in [1.82, 2.24) is 0 Å². The van der Waals surface area contributed by atoms with Crippen molar-refractivity contribution in [2.24, 2.45) is 0 Å². The van der Waals surface area contributed by atoms with Crippen LogP contribution in [0.25, 0.3) is 0 Å². The summed E-state index contributed by atoms with van der Waals surface area (Å²) in [4.78, 5) is 0. The first kappa shape index (κ1) is 17.1. The summed E-state index contributed by atoms with van der Waals surface area (Å²) in [7, 11) is 0. The number of para-hydroxylation sites is 1. The maximum Gasteiger partial charge on any atom is 0.119 e. The van der Waals surface area contributed by atoms with Gasteiger partial charge in [0.1, 0.15) is 5.75 Å². The van der Waals surface area contributed by atoms with Crippen molar-refractivity contribution in [2.75, 3.05) is 19.8 Å². The van der Waals surface area contributed by atoms with E-state index in [4.69, 9.17) is 14.9 Å². The van der Waals surface area contributed by atoms with Gasteiger partial charge in [0.15, 0.2) is 0 Å². The Morgan fingerprint density at radius 1 is 1.06 bits per heavy atom. The zero-order valence-corrected chi connectivity index (χ0v) is 9.93. The summed E-state index contributed by atoms with van der Waals surface area (Å²) in [6.45, 7) is 8.66. The van der Waals surface area contributed by atoms with Gasteiger partial charge in [0.25, 0.3) is 0 Å². The van der Waals surface area contributed by atoms with E-state index in [0.29, 0.717) is 0 Å². The Balaban J connectivity index is 0. The van der Waals surface area contributed by atoms with E-state index >= 15 is 0 Å². The first-order valence-corrected chi connectivity index (χ1v) is 5.24. The lowest BCUT2D eigenvalue weighted by Gasteiger charge is -2.01. The van der Waals surface area contributed by atoms with Gasteiger partial charge < -0.3 is 14.9 Å². The quantitative estimate of drug-likeness (QED) is 0.774. The van der Waals surface area contributed by atoms with E-state index in [1.54, 1.807) is 0 Å². The number of aliphatic hydroxyl groups excluding tert-OH is 2. The molecule has 1 aromatic rings. The Morgan fingerprint density at radius 2 is 1.56 bits per heavy atom. The third kappa shape index (κ3) is 12.7. The lowest BCUT2D eigenvalue weighted by molar-refractivity contribution is 0.186. The van der Waals surface area contributed by atoms with Crippen LogP contribution in [0.3, 0.4) is 0 Å². The molecule has 92 valence electrons. The van der Waals surface area contributed by atoms with Gasteiger partial charge in [0.05, 0.1) is 19.8 Å². The molecule has 16 heavy (non-hydrogen) atoms. The van der Waals surface area contributed by atoms with Gasteiger partial charge >= 0.3 is 0 Å². The molecular formula is C13H22O3. The minimum atomic E-state index is -0.125. The highest BCUT2D eigenvalue weighted by Crippen LogP contribution is 2.07. The Morgan fingerprint density at radius 3 is 1.94 bits per heavy atom. The molecule has 0 spiro atoms. The van der Waals surface area contributed by atoms with Crippen LogP contribution in [0.2, 0.25) is 0 Å². The highest BCUT2D eigenvalue weighted by atomic mass is 16.5. The Bertz CT molecular complexity index is 210. The van der Waals surface area contributed by atoms with E-state index < -0.39 is 0 Å². The van der Waals surface area contributed by atoms with Crippen LogP contribution in [-0.2, 0) is 0 Å². The number of hydrogen-bond acceptors (Lipinski definition) is 3. The van der Waals surface area contributed by atoms with Crippen LogP contribution in [0.1, 0.15) is 13.3 Å². The largest absolute Gasteiger partial charge is 0.494 e. The smallest absolute Gasteiger partial charge is 0.119 e. The van der Waals surface area contributed by atoms with Gasteiger partial charge in [-0.25, -0.2) is 0 Å². The molecule has 1 rings (SSSR count). The van der Waals surface area contributed by atoms with Crippen molar-refractivity contribution in [2.45, 2.75) is 13.3 Å². The molecule has 3 heteroatoms. The Kier molecular flexibility index (Phi) is 17.2. The van der Waals surface area contributed by atoms with E-state index in [9.17, 15) is 0 Å². The minimum absolute atomic E-state index is 0.125. The van der Waals surface area contributed by atoms with Crippen molar-refractivity contribution >= 4 is 0 Å². The average molecular weight is 226 g/mol. The van der Waals surface area contributed by atoms with Crippen molar-refractivity contribution in [3.05, 3.63) is 43.5 Å². The Hall–Kier alpha value is -1.32. The number of ether oxygens (including phenoxy) is 1. The molecule has 1 aromatic carbocycles. The van der Waals surface area contributed by atoms with Crippen LogP contribution in [0, 0.1) is 0 Å². The second-order valence-electron chi connectivity index (χ2n) is 2.61. The second kappa shape index (κ2) is 16.1. The average Bonchev–Trinajstić information content (AvgIpc) is 2.40. The summed E-state index contributed by atoms with van der Waals surface area (Å²) >= 11 is 0. The summed E-state index contributed by atoms with van der Waals surface area (Å²) < 4.78 is 5.36. The topological polar surface area (TPSA) is 49.7 Å². The van der Waals surface area contributed by atoms with Crippen molar-refractivity contribution < 1.29 is 14.9 Å². The number of rotatable bonds is 4. The predicted octanol–water partition coefficient (Wildman–Crippen LogP) is 2.25. The van der Waals surface area contributed by atoms with Gasteiger partial charge in [-0.15, -0.1) is 13.2 Å². The van der Waals surface area contributed by atoms with E-state index in [-0.39, 0.29) is 13.2 Å². The number of benzene rings is 1. The van der Waals surface area contributed by atoms with Gasteiger partial charge in [-0.05, 0) is 18.6 Å². The zero-order valence-electron chi connectivity index (χ0n) is 9.93. The fourth-order valence-corrected chi connectivity index (χ4v) is 0.737. The molecule has 0 aromatic heterocycles. The summed E-state index contributed by atoms with van der Waals surface area (Å²) in [5.74, 6) is 0.962. The molecule has 0 aliphatic rings. The molecular weight excluding hydrogens is 204 g/mol. The fourth-order valence-electron chi connectivity index (χ4n) is 0.737. The standard InChI is InChI=1S/C9H12O.C2H6O2.C2H4/c1-2-8-10-9-6-4-3-5-7-9;3-1-2-4;1-2/h3-7H,2,8H2,1H3;3-4H,1-2H2;1-2H2. The van der Waals surface area contributed by atoms with Gasteiger partial charge in [0.2, 0.25) is 0 Å². The normalized spacial score (nSPS) is 7.94. The molecule has 0 radical (unpaired) electrons. The van der Waals surface area contributed by atoms with Crippen molar-refractivity contribution in [3.63, 3.8) is 0 Å². The second-order valence-corrected chi connectivity index (χ2v) is 2.61. The molecule has 0 heterocycles. The molecule has 0 saturated carbocycles. The zero-order chi connectivity index (χ0) is 12.6. The van der Waals surface area contributed by atoms with E-state index in [1.165, 1.54) is 0 Å². The highest BCUT2D eigenvalue weighted by Gasteiger charge is 1.86. The third-order valence-electron chi connectivity index (χ3n) is 1.32. The van der Waals surface area contributed by atoms with Crippen molar-refractivity contribution in [3.8, 4) is 5.75 Å². The van der Waals surface area contributed by atoms with Crippen LogP contribution in [0.4, 0.5) is 0 Å². The summed E-state index contributed by atoms with van der Waals surface area (Å²) in [5.41, 5.74) is 0. The Labute approximate surface area is 98.0 Å². The maximum absolute atomic E-state index is 7.62. The summed E-state index contributed by atoms with van der Waals surface area (Å²) in [6, 6.07) is 9.88. The van der Waals surface area contributed by atoms with Crippen LogP contribution in [-0.4, -0.2) is 30.0 Å². The highest BCUT2D eigenvalue weighted by molar-refractivity contribution is 5.20. The molecule has 0 amide bonds. The molecule has 2 N–H and O–H groups in total. The monoisotopic (exact) mass is 226 g/mol. The van der Waals surface area contributed by atoms with Gasteiger partial charge in [-0.1, -0.05) is 25.1 Å². The van der Waals surface area contributed by atoms with Crippen LogP contribution >= 0.6 is 0 Å².